The van der Waals surface area contributed by atoms with Crippen molar-refractivity contribution in [2.45, 2.75) is 12.3 Å². The minimum Gasteiger partial charge on any atom is -0.399 e. The molecule has 0 aliphatic heterocycles. The van der Waals surface area contributed by atoms with Gasteiger partial charge < -0.3 is 11.5 Å². The Kier molecular flexibility index (Phi) is 3.91. The first-order chi connectivity index (χ1) is 13.7. The zero-order chi connectivity index (χ0) is 19.1. The van der Waals surface area contributed by atoms with Gasteiger partial charge in [-0.25, -0.2) is 0 Å². The number of fused-ring (bicyclic) bond motifs is 2. The summed E-state index contributed by atoms with van der Waals surface area (Å²) in [6, 6.07) is 25.3. The lowest BCUT2D eigenvalue weighted by Crippen LogP contribution is -2.17. The molecular weight excluding hydrogens is 340 g/mol. The Hall–Kier alpha value is -3.52. The minimum atomic E-state index is 0.217. The van der Waals surface area contributed by atoms with Crippen LogP contribution in [0.5, 0.6) is 0 Å². The molecule has 4 N–H and O–H groups in total. The van der Waals surface area contributed by atoms with E-state index < -0.39 is 0 Å². The molecule has 0 amide bonds. The van der Waals surface area contributed by atoms with E-state index in [-0.39, 0.29) is 5.92 Å². The lowest BCUT2D eigenvalue weighted by atomic mass is 9.69. The fourth-order valence-electron chi connectivity index (χ4n) is 4.43. The SMILES string of the molecule is Nc1ccc(C2=C3CC=CC=C3C(c3ccc(N)cc3)c3ccccc32)cc1. The number of anilines is 2. The van der Waals surface area contributed by atoms with Crippen LogP contribution in [0.1, 0.15) is 34.6 Å². The summed E-state index contributed by atoms with van der Waals surface area (Å²) in [5.41, 5.74) is 22.7. The second-order valence-corrected chi connectivity index (χ2v) is 7.42. The van der Waals surface area contributed by atoms with E-state index in [1.165, 1.54) is 39.0 Å². The van der Waals surface area contributed by atoms with Gasteiger partial charge in [-0.15, -0.1) is 0 Å². The van der Waals surface area contributed by atoms with Gasteiger partial charge in [-0.3, -0.25) is 0 Å². The number of hydrogen-bond acceptors (Lipinski definition) is 2. The Morgan fingerprint density at radius 3 is 2.18 bits per heavy atom. The molecule has 2 aliphatic carbocycles. The lowest BCUT2D eigenvalue weighted by Gasteiger charge is -2.34. The van der Waals surface area contributed by atoms with Crippen molar-refractivity contribution in [3.63, 3.8) is 0 Å². The molecule has 136 valence electrons. The van der Waals surface area contributed by atoms with Crippen LogP contribution in [-0.2, 0) is 0 Å². The Balaban J connectivity index is 1.78. The van der Waals surface area contributed by atoms with Crippen molar-refractivity contribution in [2.75, 3.05) is 11.5 Å². The van der Waals surface area contributed by atoms with E-state index >= 15 is 0 Å². The number of benzene rings is 3. The van der Waals surface area contributed by atoms with Crippen LogP contribution in [0.4, 0.5) is 11.4 Å². The van der Waals surface area contributed by atoms with Gasteiger partial charge in [-0.2, -0.15) is 0 Å². The highest BCUT2D eigenvalue weighted by molar-refractivity contribution is 5.90. The Bertz CT molecular complexity index is 1130. The normalized spacial score (nSPS) is 17.7. The van der Waals surface area contributed by atoms with E-state index in [4.69, 9.17) is 11.5 Å². The molecule has 3 aromatic carbocycles. The number of allylic oxidation sites excluding steroid dienone is 5. The van der Waals surface area contributed by atoms with Crippen molar-refractivity contribution in [3.8, 4) is 0 Å². The van der Waals surface area contributed by atoms with E-state index in [0.717, 1.165) is 17.8 Å². The van der Waals surface area contributed by atoms with Crippen LogP contribution >= 0.6 is 0 Å². The Labute approximate surface area is 165 Å². The standard InChI is InChI=1S/C26H22N2/c27-19-13-9-17(10-14-19)25-21-5-1-2-6-22(21)26(18-11-15-20(28)16-12-18)24-8-4-3-7-23(24)25/h1-7,9-16,25H,8,27-28H2. The summed E-state index contributed by atoms with van der Waals surface area (Å²) < 4.78 is 0. The average molecular weight is 362 g/mol. The van der Waals surface area contributed by atoms with Crippen molar-refractivity contribution in [1.29, 1.82) is 0 Å². The highest BCUT2D eigenvalue weighted by Gasteiger charge is 2.32. The third-order valence-corrected chi connectivity index (χ3v) is 5.71. The molecule has 3 aromatic rings. The summed E-state index contributed by atoms with van der Waals surface area (Å²) in [6.07, 6.45) is 7.63. The third kappa shape index (κ3) is 2.66. The van der Waals surface area contributed by atoms with Crippen LogP contribution < -0.4 is 11.5 Å². The predicted octanol–water partition coefficient (Wildman–Crippen LogP) is 5.68. The maximum absolute atomic E-state index is 5.95. The smallest absolute Gasteiger partial charge is 0.0349 e. The number of rotatable bonds is 2. The van der Waals surface area contributed by atoms with Crippen molar-refractivity contribution >= 4 is 16.9 Å². The largest absolute Gasteiger partial charge is 0.399 e. The first-order valence-electron chi connectivity index (χ1n) is 9.63. The van der Waals surface area contributed by atoms with Crippen LogP contribution in [-0.4, -0.2) is 0 Å². The number of nitrogens with two attached hydrogens (primary N) is 2. The van der Waals surface area contributed by atoms with E-state index in [1.54, 1.807) is 0 Å². The van der Waals surface area contributed by atoms with E-state index in [2.05, 4.69) is 66.8 Å². The molecule has 28 heavy (non-hydrogen) atoms. The van der Waals surface area contributed by atoms with Gasteiger partial charge in [0.25, 0.3) is 0 Å². The Morgan fingerprint density at radius 1 is 0.750 bits per heavy atom. The van der Waals surface area contributed by atoms with Gasteiger partial charge in [-0.05, 0) is 69.7 Å². The van der Waals surface area contributed by atoms with Crippen LogP contribution in [0.25, 0.3) is 5.57 Å². The van der Waals surface area contributed by atoms with Gasteiger partial charge >= 0.3 is 0 Å². The fourth-order valence-corrected chi connectivity index (χ4v) is 4.43. The molecule has 5 rings (SSSR count). The van der Waals surface area contributed by atoms with Gasteiger partial charge in [0.1, 0.15) is 0 Å². The van der Waals surface area contributed by atoms with Crippen molar-refractivity contribution in [1.82, 2.24) is 0 Å². The van der Waals surface area contributed by atoms with Crippen molar-refractivity contribution in [2.24, 2.45) is 0 Å². The summed E-state index contributed by atoms with van der Waals surface area (Å²) in [5.74, 6) is 0.217. The molecule has 1 unspecified atom stereocenters. The van der Waals surface area contributed by atoms with Crippen LogP contribution in [0.2, 0.25) is 0 Å². The average Bonchev–Trinajstić information content (AvgIpc) is 2.74. The molecule has 0 heterocycles. The monoisotopic (exact) mass is 362 g/mol. The van der Waals surface area contributed by atoms with Gasteiger partial charge in [0, 0.05) is 17.3 Å². The quantitative estimate of drug-likeness (QED) is 0.576. The zero-order valence-corrected chi connectivity index (χ0v) is 15.6. The second-order valence-electron chi connectivity index (χ2n) is 7.42. The summed E-state index contributed by atoms with van der Waals surface area (Å²) >= 11 is 0. The van der Waals surface area contributed by atoms with Gasteiger partial charge in [-0.1, -0.05) is 66.8 Å². The number of nitrogen functional groups attached to an aromatic ring is 2. The van der Waals surface area contributed by atoms with Crippen molar-refractivity contribution < 1.29 is 0 Å². The van der Waals surface area contributed by atoms with E-state index in [0.29, 0.717) is 0 Å². The molecule has 0 saturated carbocycles. The Morgan fingerprint density at radius 2 is 1.43 bits per heavy atom. The summed E-state index contributed by atoms with van der Waals surface area (Å²) in [4.78, 5) is 0. The lowest BCUT2D eigenvalue weighted by molar-refractivity contribution is 0.913. The van der Waals surface area contributed by atoms with Crippen LogP contribution in [0, 0.1) is 0 Å². The predicted molar refractivity (Wildman–Crippen MR) is 118 cm³/mol. The first-order valence-corrected chi connectivity index (χ1v) is 9.63. The van der Waals surface area contributed by atoms with Gasteiger partial charge in [0.15, 0.2) is 0 Å². The summed E-state index contributed by atoms with van der Waals surface area (Å²) in [5, 5.41) is 0. The topological polar surface area (TPSA) is 52.0 Å². The molecule has 0 radical (unpaired) electrons. The zero-order valence-electron chi connectivity index (χ0n) is 15.6. The summed E-state index contributed by atoms with van der Waals surface area (Å²) in [7, 11) is 0. The fraction of sp³-hybridized carbons (Fsp3) is 0.0769. The molecule has 0 fully saturated rings. The second kappa shape index (κ2) is 6.58. The molecule has 0 saturated heterocycles. The van der Waals surface area contributed by atoms with Crippen LogP contribution in [0.3, 0.4) is 0 Å². The van der Waals surface area contributed by atoms with Crippen LogP contribution in [0.15, 0.2) is 102 Å². The molecule has 2 aliphatic rings. The summed E-state index contributed by atoms with van der Waals surface area (Å²) in [6.45, 7) is 0. The number of hydrogen-bond donors (Lipinski definition) is 2. The van der Waals surface area contributed by atoms with Gasteiger partial charge in [0.05, 0.1) is 0 Å². The molecule has 0 bridgehead atoms. The van der Waals surface area contributed by atoms with E-state index in [1.807, 2.05) is 24.3 Å². The minimum absolute atomic E-state index is 0.217. The third-order valence-electron chi connectivity index (χ3n) is 5.71. The highest BCUT2D eigenvalue weighted by Crippen LogP contribution is 2.49. The maximum Gasteiger partial charge on any atom is 0.0349 e. The molecule has 0 spiro atoms. The molecule has 2 heteroatoms. The molecule has 2 nitrogen and oxygen atoms in total. The first kappa shape index (κ1) is 16.6. The van der Waals surface area contributed by atoms with E-state index in [9.17, 15) is 0 Å². The molecule has 0 aromatic heterocycles. The van der Waals surface area contributed by atoms with Gasteiger partial charge in [0.2, 0.25) is 0 Å². The maximum atomic E-state index is 5.95. The highest BCUT2D eigenvalue weighted by atomic mass is 14.5. The van der Waals surface area contributed by atoms with Crippen molar-refractivity contribution in [3.05, 3.63) is 124 Å². The molecule has 1 atom stereocenters. The molecular formula is C26H22N2.